The Hall–Kier alpha value is -1.38. The highest BCUT2D eigenvalue weighted by molar-refractivity contribution is 6.35. The van der Waals surface area contributed by atoms with Gasteiger partial charge in [0.05, 0.1) is 11.6 Å². The summed E-state index contributed by atoms with van der Waals surface area (Å²) in [6.45, 7) is 11.4. The third kappa shape index (κ3) is 3.47. The largest absolute Gasteiger partial charge is 0.493 e. The van der Waals surface area contributed by atoms with Crippen LogP contribution in [0.5, 0.6) is 5.75 Å². The number of aryl methyl sites for hydroxylation is 1. The molecule has 1 unspecified atom stereocenters. The van der Waals surface area contributed by atoms with E-state index in [1.54, 1.807) is 0 Å². The lowest BCUT2D eigenvalue weighted by molar-refractivity contribution is 0.341. The molecule has 1 aliphatic rings. The Balaban J connectivity index is 2.23. The highest BCUT2D eigenvalue weighted by Gasteiger charge is 2.33. The van der Waals surface area contributed by atoms with Crippen LogP contribution in [-0.2, 0) is 0 Å². The summed E-state index contributed by atoms with van der Waals surface area (Å²) in [5.74, 6) is 1.19. The first kappa shape index (κ1) is 18.4. The summed E-state index contributed by atoms with van der Waals surface area (Å²) in [6.07, 6.45) is 1.04. The summed E-state index contributed by atoms with van der Waals surface area (Å²) in [7, 11) is 0. The van der Waals surface area contributed by atoms with Gasteiger partial charge in [0.1, 0.15) is 5.75 Å². The van der Waals surface area contributed by atoms with Crippen LogP contribution in [0.25, 0.3) is 11.1 Å². The van der Waals surface area contributed by atoms with E-state index in [0.717, 1.165) is 34.0 Å². The maximum Gasteiger partial charge on any atom is 0.127 e. The Morgan fingerprint density at radius 1 is 1.20 bits per heavy atom. The van der Waals surface area contributed by atoms with Gasteiger partial charge in [-0.15, -0.1) is 0 Å². The molecule has 25 heavy (non-hydrogen) atoms. The van der Waals surface area contributed by atoms with E-state index < -0.39 is 0 Å². The molecule has 2 aromatic rings. The molecule has 0 fully saturated rings. The van der Waals surface area contributed by atoms with Gasteiger partial charge in [-0.2, -0.15) is 0 Å². The van der Waals surface area contributed by atoms with Gasteiger partial charge in [-0.05, 0) is 75.4 Å². The van der Waals surface area contributed by atoms with Crippen LogP contribution in [-0.4, -0.2) is 12.1 Å². The summed E-state index contributed by atoms with van der Waals surface area (Å²) in [5, 5.41) is 5.13. The van der Waals surface area contributed by atoms with Gasteiger partial charge in [0.2, 0.25) is 0 Å². The van der Waals surface area contributed by atoms with Crippen molar-refractivity contribution in [1.82, 2.24) is 0 Å². The van der Waals surface area contributed by atoms with Crippen molar-refractivity contribution < 1.29 is 4.74 Å². The maximum atomic E-state index is 6.91. The van der Waals surface area contributed by atoms with Gasteiger partial charge < -0.3 is 10.1 Å². The second-order valence-corrected chi connectivity index (χ2v) is 8.35. The monoisotopic (exact) mass is 377 g/mol. The Bertz CT molecular complexity index is 814. The topological polar surface area (TPSA) is 21.3 Å². The van der Waals surface area contributed by atoms with Gasteiger partial charge in [-0.1, -0.05) is 30.1 Å². The van der Waals surface area contributed by atoms with E-state index in [0.29, 0.717) is 17.5 Å². The van der Waals surface area contributed by atoms with Gasteiger partial charge in [-0.25, -0.2) is 0 Å². The Kier molecular flexibility index (Phi) is 4.96. The van der Waals surface area contributed by atoms with Gasteiger partial charge in [-0.3, -0.25) is 0 Å². The fourth-order valence-corrected chi connectivity index (χ4v) is 4.50. The predicted molar refractivity (Wildman–Crippen MR) is 109 cm³/mol. The zero-order valence-electron chi connectivity index (χ0n) is 15.5. The van der Waals surface area contributed by atoms with Crippen molar-refractivity contribution in [2.75, 3.05) is 11.9 Å². The number of ether oxygens (including phenoxy) is 1. The molecule has 0 aliphatic carbocycles. The van der Waals surface area contributed by atoms with Gasteiger partial charge >= 0.3 is 0 Å². The molecule has 2 nitrogen and oxygen atoms in total. The first-order chi connectivity index (χ1) is 11.7. The summed E-state index contributed by atoms with van der Waals surface area (Å²) < 4.78 is 5.81. The number of nitrogens with one attached hydrogen (secondary N) is 1. The van der Waals surface area contributed by atoms with Crippen LogP contribution in [0.1, 0.15) is 51.2 Å². The average Bonchev–Trinajstić information content (AvgIpc) is 2.51. The average molecular weight is 378 g/mol. The lowest BCUT2D eigenvalue weighted by Gasteiger charge is -2.39. The van der Waals surface area contributed by atoms with Crippen LogP contribution in [0.2, 0.25) is 10.0 Å². The molecule has 0 amide bonds. The quantitative estimate of drug-likeness (QED) is 0.617. The zero-order chi connectivity index (χ0) is 18.4. The maximum absolute atomic E-state index is 6.91. The Morgan fingerprint density at radius 3 is 2.60 bits per heavy atom. The Labute approximate surface area is 160 Å². The molecule has 1 atom stereocenters. The van der Waals surface area contributed by atoms with Crippen LogP contribution < -0.4 is 10.1 Å². The molecule has 134 valence electrons. The fraction of sp³-hybridized carbons (Fsp3) is 0.429. The SMILES string of the molecule is CCOc1ccc(Cl)cc1-c1cc(C)c2c(c1Cl)C(C)CC(C)(C)N2. The molecule has 0 spiro atoms. The molecule has 4 heteroatoms. The Morgan fingerprint density at radius 2 is 1.92 bits per heavy atom. The molecule has 0 aromatic heterocycles. The van der Waals surface area contributed by atoms with Crippen LogP contribution in [0.15, 0.2) is 24.3 Å². The lowest BCUT2D eigenvalue weighted by Crippen LogP contribution is -2.37. The fourth-order valence-electron chi connectivity index (χ4n) is 3.89. The molecule has 1 aliphatic heterocycles. The number of benzene rings is 2. The number of hydrogen-bond donors (Lipinski definition) is 1. The molecule has 0 radical (unpaired) electrons. The highest BCUT2D eigenvalue weighted by Crippen LogP contribution is 2.49. The summed E-state index contributed by atoms with van der Waals surface area (Å²) in [4.78, 5) is 0. The van der Waals surface area contributed by atoms with E-state index in [9.17, 15) is 0 Å². The van der Waals surface area contributed by atoms with E-state index in [4.69, 9.17) is 27.9 Å². The van der Waals surface area contributed by atoms with Crippen LogP contribution in [0.4, 0.5) is 5.69 Å². The van der Waals surface area contributed by atoms with Crippen molar-refractivity contribution in [2.24, 2.45) is 0 Å². The van der Waals surface area contributed by atoms with Crippen molar-refractivity contribution in [2.45, 2.75) is 52.5 Å². The normalized spacial score (nSPS) is 18.4. The number of halogens is 2. The standard InChI is InChI=1S/C21H25Cl2NO/c1-6-25-17-8-7-14(22)10-15(17)16-9-12(2)20-18(19(16)23)13(3)11-21(4,5)24-20/h7-10,13,24H,6,11H2,1-5H3. The van der Waals surface area contributed by atoms with Gasteiger partial charge in [0.25, 0.3) is 0 Å². The molecule has 3 rings (SSSR count). The van der Waals surface area contributed by atoms with Crippen molar-refractivity contribution in [3.63, 3.8) is 0 Å². The van der Waals surface area contributed by atoms with E-state index in [-0.39, 0.29) is 5.54 Å². The lowest BCUT2D eigenvalue weighted by atomic mass is 9.79. The molecular weight excluding hydrogens is 353 g/mol. The second kappa shape index (κ2) is 6.74. The zero-order valence-corrected chi connectivity index (χ0v) is 17.0. The molecular formula is C21H25Cl2NO. The summed E-state index contributed by atoms with van der Waals surface area (Å²) in [6, 6.07) is 7.83. The van der Waals surface area contributed by atoms with Crippen molar-refractivity contribution in [3.8, 4) is 16.9 Å². The van der Waals surface area contributed by atoms with Crippen LogP contribution in [0, 0.1) is 6.92 Å². The smallest absolute Gasteiger partial charge is 0.127 e. The first-order valence-electron chi connectivity index (χ1n) is 8.77. The minimum absolute atomic E-state index is 0.0640. The van der Waals surface area contributed by atoms with Crippen LogP contribution >= 0.6 is 23.2 Å². The molecule has 0 saturated heterocycles. The molecule has 2 aromatic carbocycles. The minimum Gasteiger partial charge on any atom is -0.493 e. The van der Waals surface area contributed by atoms with E-state index in [1.807, 2.05) is 25.1 Å². The highest BCUT2D eigenvalue weighted by atomic mass is 35.5. The molecule has 1 N–H and O–H groups in total. The molecule has 0 bridgehead atoms. The minimum atomic E-state index is 0.0640. The van der Waals surface area contributed by atoms with E-state index in [2.05, 4.69) is 39.1 Å². The van der Waals surface area contributed by atoms with E-state index in [1.165, 1.54) is 11.1 Å². The first-order valence-corrected chi connectivity index (χ1v) is 9.53. The predicted octanol–water partition coefficient (Wildman–Crippen LogP) is 7.07. The van der Waals surface area contributed by atoms with Crippen molar-refractivity contribution in [3.05, 3.63) is 45.4 Å². The number of hydrogen-bond acceptors (Lipinski definition) is 2. The summed E-state index contributed by atoms with van der Waals surface area (Å²) in [5.41, 5.74) is 5.54. The van der Waals surface area contributed by atoms with Crippen molar-refractivity contribution >= 4 is 28.9 Å². The van der Waals surface area contributed by atoms with Crippen molar-refractivity contribution in [1.29, 1.82) is 0 Å². The number of rotatable bonds is 3. The number of fused-ring (bicyclic) bond motifs is 1. The third-order valence-corrected chi connectivity index (χ3v) is 5.44. The van der Waals surface area contributed by atoms with E-state index >= 15 is 0 Å². The van der Waals surface area contributed by atoms with Gasteiger partial charge in [0, 0.05) is 27.4 Å². The molecule has 0 saturated carbocycles. The second-order valence-electron chi connectivity index (χ2n) is 7.53. The summed E-state index contributed by atoms with van der Waals surface area (Å²) >= 11 is 13.2. The van der Waals surface area contributed by atoms with Gasteiger partial charge in [0.15, 0.2) is 0 Å². The number of anilines is 1. The third-order valence-electron chi connectivity index (χ3n) is 4.80. The molecule has 1 heterocycles. The van der Waals surface area contributed by atoms with Crippen LogP contribution in [0.3, 0.4) is 0 Å².